The summed E-state index contributed by atoms with van der Waals surface area (Å²) in [7, 11) is 0. The summed E-state index contributed by atoms with van der Waals surface area (Å²) >= 11 is 0. The Hall–Kier alpha value is -1.58. The van der Waals surface area contributed by atoms with Crippen molar-refractivity contribution in [2.45, 2.75) is 32.6 Å². The molecule has 98 valence electrons. The highest BCUT2D eigenvalue weighted by Crippen LogP contribution is 2.37. The second-order valence-electron chi connectivity index (χ2n) is 5.34. The van der Waals surface area contributed by atoms with Gasteiger partial charge in [0, 0.05) is 6.54 Å². The van der Waals surface area contributed by atoms with Gasteiger partial charge in [0.05, 0.1) is 5.69 Å². The van der Waals surface area contributed by atoms with Gasteiger partial charge in [-0.25, -0.2) is 9.18 Å². The van der Waals surface area contributed by atoms with Crippen molar-refractivity contribution in [3.05, 3.63) is 29.6 Å². The number of benzene rings is 1. The summed E-state index contributed by atoms with van der Waals surface area (Å²) in [4.78, 5) is 11.0. The Bertz CT molecular complexity index is 453. The molecule has 1 aromatic carbocycles. The average Bonchev–Trinajstić information content (AvgIpc) is 2.73. The Morgan fingerprint density at radius 3 is 2.72 bits per heavy atom. The highest BCUT2D eigenvalue weighted by atomic mass is 19.1. The molecule has 0 spiro atoms. The summed E-state index contributed by atoms with van der Waals surface area (Å²) in [6, 6.07) is 4.32. The maximum absolute atomic E-state index is 13.5. The molecule has 0 aliphatic heterocycles. The zero-order valence-electron chi connectivity index (χ0n) is 10.5. The standard InChI is InChI=1S/C14H18FNO2/c1-14(7-2-3-8-14)9-16-11-6-4-5-10(15)12(11)13(17)18/h4-6,16H,2-3,7-9H2,1H3,(H,17,18). The molecule has 4 heteroatoms. The van der Waals surface area contributed by atoms with Crippen LogP contribution in [0.5, 0.6) is 0 Å². The van der Waals surface area contributed by atoms with Gasteiger partial charge in [0.1, 0.15) is 11.4 Å². The predicted octanol–water partition coefficient (Wildman–Crippen LogP) is 3.52. The van der Waals surface area contributed by atoms with E-state index in [1.54, 1.807) is 6.07 Å². The predicted molar refractivity (Wildman–Crippen MR) is 68.4 cm³/mol. The molecule has 1 aromatic rings. The molecule has 0 saturated heterocycles. The molecule has 0 radical (unpaired) electrons. The van der Waals surface area contributed by atoms with Crippen LogP contribution in [-0.4, -0.2) is 17.6 Å². The van der Waals surface area contributed by atoms with Crippen LogP contribution in [0.1, 0.15) is 43.0 Å². The first kappa shape index (κ1) is 12.9. The van der Waals surface area contributed by atoms with Gasteiger partial charge < -0.3 is 10.4 Å². The zero-order chi connectivity index (χ0) is 13.2. The Labute approximate surface area is 106 Å². The van der Waals surface area contributed by atoms with E-state index in [2.05, 4.69) is 12.2 Å². The van der Waals surface area contributed by atoms with E-state index in [0.717, 1.165) is 12.8 Å². The second-order valence-corrected chi connectivity index (χ2v) is 5.34. The van der Waals surface area contributed by atoms with Crippen molar-refractivity contribution in [2.75, 3.05) is 11.9 Å². The van der Waals surface area contributed by atoms with Crippen LogP contribution in [0.4, 0.5) is 10.1 Å². The van der Waals surface area contributed by atoms with E-state index in [1.165, 1.54) is 25.0 Å². The van der Waals surface area contributed by atoms with E-state index in [4.69, 9.17) is 5.11 Å². The summed E-state index contributed by atoms with van der Waals surface area (Å²) in [5, 5.41) is 12.1. The van der Waals surface area contributed by atoms with Crippen molar-refractivity contribution in [1.82, 2.24) is 0 Å². The maximum Gasteiger partial charge on any atom is 0.340 e. The molecule has 1 aliphatic carbocycles. The zero-order valence-corrected chi connectivity index (χ0v) is 10.5. The second kappa shape index (κ2) is 4.96. The number of anilines is 1. The number of nitrogens with one attached hydrogen (secondary N) is 1. The van der Waals surface area contributed by atoms with E-state index in [0.29, 0.717) is 12.2 Å². The lowest BCUT2D eigenvalue weighted by atomic mass is 9.89. The Kier molecular flexibility index (Phi) is 3.55. The van der Waals surface area contributed by atoms with Crippen LogP contribution in [0.2, 0.25) is 0 Å². The number of halogens is 1. The van der Waals surface area contributed by atoms with Crippen LogP contribution in [0.3, 0.4) is 0 Å². The average molecular weight is 251 g/mol. The van der Waals surface area contributed by atoms with Crippen molar-refractivity contribution in [3.8, 4) is 0 Å². The maximum atomic E-state index is 13.5. The first-order valence-corrected chi connectivity index (χ1v) is 6.27. The van der Waals surface area contributed by atoms with E-state index >= 15 is 0 Å². The molecule has 0 atom stereocenters. The number of carboxylic acids is 1. The SMILES string of the molecule is CC1(CNc2cccc(F)c2C(=O)O)CCCC1. The summed E-state index contributed by atoms with van der Waals surface area (Å²) in [5.74, 6) is -1.92. The molecule has 18 heavy (non-hydrogen) atoms. The van der Waals surface area contributed by atoms with Crippen molar-refractivity contribution in [1.29, 1.82) is 0 Å². The van der Waals surface area contributed by atoms with Crippen LogP contribution in [0.15, 0.2) is 18.2 Å². The lowest BCUT2D eigenvalue weighted by molar-refractivity contribution is 0.0693. The third kappa shape index (κ3) is 2.63. The highest BCUT2D eigenvalue weighted by molar-refractivity contribution is 5.94. The number of rotatable bonds is 4. The number of hydrogen-bond donors (Lipinski definition) is 2. The molecule has 1 fully saturated rings. The van der Waals surface area contributed by atoms with Gasteiger partial charge in [-0.05, 0) is 30.4 Å². The monoisotopic (exact) mass is 251 g/mol. The summed E-state index contributed by atoms with van der Waals surface area (Å²) in [6.45, 7) is 2.88. The number of carbonyl (C=O) groups is 1. The van der Waals surface area contributed by atoms with Gasteiger partial charge in [-0.3, -0.25) is 0 Å². The fraction of sp³-hybridized carbons (Fsp3) is 0.500. The van der Waals surface area contributed by atoms with Crippen LogP contribution in [0.25, 0.3) is 0 Å². The van der Waals surface area contributed by atoms with Crippen molar-refractivity contribution in [3.63, 3.8) is 0 Å². The molecule has 0 bridgehead atoms. The topological polar surface area (TPSA) is 49.3 Å². The smallest absolute Gasteiger partial charge is 0.340 e. The largest absolute Gasteiger partial charge is 0.478 e. The van der Waals surface area contributed by atoms with Crippen molar-refractivity contribution < 1.29 is 14.3 Å². The Balaban J connectivity index is 2.14. The first-order chi connectivity index (χ1) is 8.52. The van der Waals surface area contributed by atoms with Gasteiger partial charge in [0.25, 0.3) is 0 Å². The van der Waals surface area contributed by atoms with E-state index in [9.17, 15) is 9.18 Å². The van der Waals surface area contributed by atoms with E-state index < -0.39 is 11.8 Å². The molecule has 0 amide bonds. The molecule has 0 heterocycles. The molecule has 3 nitrogen and oxygen atoms in total. The van der Waals surface area contributed by atoms with Crippen LogP contribution < -0.4 is 5.32 Å². The third-order valence-electron chi connectivity index (χ3n) is 3.74. The lowest BCUT2D eigenvalue weighted by Gasteiger charge is -2.25. The number of hydrogen-bond acceptors (Lipinski definition) is 2. The van der Waals surface area contributed by atoms with Gasteiger partial charge >= 0.3 is 5.97 Å². The number of aromatic carboxylic acids is 1. The fourth-order valence-corrected chi connectivity index (χ4v) is 2.60. The van der Waals surface area contributed by atoms with Crippen molar-refractivity contribution in [2.24, 2.45) is 5.41 Å². The molecule has 2 rings (SSSR count). The highest BCUT2D eigenvalue weighted by Gasteiger charge is 2.28. The minimum Gasteiger partial charge on any atom is -0.478 e. The van der Waals surface area contributed by atoms with Gasteiger partial charge in [0.2, 0.25) is 0 Å². The van der Waals surface area contributed by atoms with Gasteiger partial charge in [-0.15, -0.1) is 0 Å². The summed E-state index contributed by atoms with van der Waals surface area (Å²) in [6.07, 6.45) is 4.70. The third-order valence-corrected chi connectivity index (χ3v) is 3.74. The van der Waals surface area contributed by atoms with Gasteiger partial charge in [0.15, 0.2) is 0 Å². The Morgan fingerprint density at radius 1 is 1.44 bits per heavy atom. The van der Waals surface area contributed by atoms with E-state index in [1.807, 2.05) is 0 Å². The molecular formula is C14H18FNO2. The van der Waals surface area contributed by atoms with Gasteiger partial charge in [-0.2, -0.15) is 0 Å². The summed E-state index contributed by atoms with van der Waals surface area (Å²) in [5.41, 5.74) is 0.303. The first-order valence-electron chi connectivity index (χ1n) is 6.27. The summed E-state index contributed by atoms with van der Waals surface area (Å²) < 4.78 is 13.5. The quantitative estimate of drug-likeness (QED) is 0.860. The molecule has 0 aromatic heterocycles. The molecule has 1 aliphatic rings. The normalized spacial score (nSPS) is 17.7. The fourth-order valence-electron chi connectivity index (χ4n) is 2.60. The van der Waals surface area contributed by atoms with Crippen LogP contribution in [-0.2, 0) is 0 Å². The molecule has 0 unspecified atom stereocenters. The number of carboxylic acid groups (broad SMARTS) is 1. The minimum absolute atomic E-state index is 0.197. The van der Waals surface area contributed by atoms with Gasteiger partial charge in [-0.1, -0.05) is 25.8 Å². The Morgan fingerprint density at radius 2 is 2.11 bits per heavy atom. The van der Waals surface area contributed by atoms with Crippen molar-refractivity contribution >= 4 is 11.7 Å². The molecular weight excluding hydrogens is 233 g/mol. The molecule has 1 saturated carbocycles. The van der Waals surface area contributed by atoms with E-state index in [-0.39, 0.29) is 11.0 Å². The minimum atomic E-state index is -1.23. The lowest BCUT2D eigenvalue weighted by Crippen LogP contribution is -2.24. The van der Waals surface area contributed by atoms with Crippen LogP contribution >= 0.6 is 0 Å². The molecule has 2 N–H and O–H groups in total. The van der Waals surface area contributed by atoms with Crippen LogP contribution in [0, 0.1) is 11.2 Å².